The number of hydrogen-bond acceptors (Lipinski definition) is 8. The van der Waals surface area contributed by atoms with Gasteiger partial charge < -0.3 is 43.6 Å². The highest BCUT2D eigenvalue weighted by Gasteiger charge is 2.37. The first-order valence-electron chi connectivity index (χ1n) is 12.8. The molecular formula is C23H45N7O5. The van der Waals surface area contributed by atoms with Gasteiger partial charge in [0.2, 0.25) is 17.7 Å². The maximum Gasteiger partial charge on any atom is 0.326 e. The second kappa shape index (κ2) is 17.2. The van der Waals surface area contributed by atoms with E-state index in [1.54, 1.807) is 0 Å². The first kappa shape index (κ1) is 30.8. The monoisotopic (exact) mass is 499 g/mol. The van der Waals surface area contributed by atoms with Gasteiger partial charge in [0.1, 0.15) is 18.1 Å². The Labute approximate surface area is 207 Å². The molecule has 4 atom stereocenters. The quantitative estimate of drug-likeness (QED) is 0.112. The molecule has 0 aromatic heterocycles. The van der Waals surface area contributed by atoms with E-state index >= 15 is 0 Å². The third kappa shape index (κ3) is 10.9. The highest BCUT2D eigenvalue weighted by atomic mass is 16.4. The summed E-state index contributed by atoms with van der Waals surface area (Å²) in [4.78, 5) is 52.0. The molecule has 1 fully saturated rings. The second-order valence-corrected chi connectivity index (χ2v) is 9.11. The molecule has 35 heavy (non-hydrogen) atoms. The van der Waals surface area contributed by atoms with Crippen LogP contribution in [0.3, 0.4) is 0 Å². The zero-order chi connectivity index (χ0) is 26.2. The standard InChI is InChI=1S/C23H45N7O5/c24-12-4-1-8-16(27)22(33)30-15-7-11-19(30)21(32)28-17(9-2-5-13-25)20(31)29-18(23(34)35)10-3-6-14-26/h16-19H,1-15,24-27H2,(H,28,32)(H,29,31)(H,34,35). The van der Waals surface area contributed by atoms with Crippen molar-refractivity contribution in [2.75, 3.05) is 26.2 Å². The fraction of sp³-hybridized carbons (Fsp3) is 0.826. The molecule has 1 heterocycles. The molecule has 12 nitrogen and oxygen atoms in total. The summed E-state index contributed by atoms with van der Waals surface area (Å²) < 4.78 is 0. The fourth-order valence-corrected chi connectivity index (χ4v) is 4.20. The number of carboxylic acids is 1. The molecule has 0 aliphatic carbocycles. The molecule has 202 valence electrons. The van der Waals surface area contributed by atoms with Crippen LogP contribution in [0.4, 0.5) is 0 Å². The Hall–Kier alpha value is -2.28. The van der Waals surface area contributed by atoms with E-state index in [2.05, 4.69) is 10.6 Å². The second-order valence-electron chi connectivity index (χ2n) is 9.11. The Bertz CT molecular complexity index is 679. The molecule has 0 aromatic carbocycles. The average molecular weight is 500 g/mol. The number of aliphatic carboxylic acids is 1. The SMILES string of the molecule is NCCCCC(N)C(=O)N1CCCC1C(=O)NC(CCCCN)C(=O)NC(CCCCN)C(=O)O. The normalized spacial score (nSPS) is 18.1. The number of carbonyl (C=O) groups is 4. The largest absolute Gasteiger partial charge is 0.480 e. The first-order valence-corrected chi connectivity index (χ1v) is 12.8. The van der Waals surface area contributed by atoms with E-state index in [-0.39, 0.29) is 12.3 Å². The van der Waals surface area contributed by atoms with Crippen LogP contribution in [0.5, 0.6) is 0 Å². The van der Waals surface area contributed by atoms with Gasteiger partial charge in [0.25, 0.3) is 0 Å². The van der Waals surface area contributed by atoms with Crippen molar-refractivity contribution in [2.24, 2.45) is 22.9 Å². The number of nitrogens with zero attached hydrogens (tertiary/aromatic N) is 1. The van der Waals surface area contributed by atoms with Gasteiger partial charge in [0.05, 0.1) is 6.04 Å². The Morgan fingerprint density at radius 2 is 1.37 bits per heavy atom. The average Bonchev–Trinajstić information content (AvgIpc) is 3.32. The lowest BCUT2D eigenvalue weighted by molar-refractivity contribution is -0.143. The smallest absolute Gasteiger partial charge is 0.326 e. The highest BCUT2D eigenvalue weighted by molar-refractivity contribution is 5.94. The first-order chi connectivity index (χ1) is 16.8. The lowest BCUT2D eigenvalue weighted by Gasteiger charge is -2.28. The Morgan fingerprint density at radius 1 is 0.829 bits per heavy atom. The van der Waals surface area contributed by atoms with Crippen molar-refractivity contribution in [3.05, 3.63) is 0 Å². The third-order valence-corrected chi connectivity index (χ3v) is 6.27. The molecule has 12 heteroatoms. The van der Waals surface area contributed by atoms with E-state index in [1.807, 2.05) is 0 Å². The van der Waals surface area contributed by atoms with Gasteiger partial charge >= 0.3 is 5.97 Å². The Balaban J connectivity index is 2.84. The summed E-state index contributed by atoms with van der Waals surface area (Å²) in [6.07, 6.45) is 6.13. The number of hydrogen-bond donors (Lipinski definition) is 7. The van der Waals surface area contributed by atoms with Crippen LogP contribution in [0.2, 0.25) is 0 Å². The summed E-state index contributed by atoms with van der Waals surface area (Å²) in [6, 6.07) is -3.42. The van der Waals surface area contributed by atoms with E-state index in [9.17, 15) is 24.3 Å². The van der Waals surface area contributed by atoms with E-state index in [4.69, 9.17) is 22.9 Å². The molecule has 1 saturated heterocycles. The maximum atomic E-state index is 13.1. The molecule has 1 rings (SSSR count). The van der Waals surface area contributed by atoms with Crippen LogP contribution in [0.1, 0.15) is 70.6 Å². The van der Waals surface area contributed by atoms with Crippen LogP contribution in [-0.2, 0) is 19.2 Å². The van der Waals surface area contributed by atoms with Crippen molar-refractivity contribution in [1.29, 1.82) is 0 Å². The van der Waals surface area contributed by atoms with Crippen LogP contribution in [-0.4, -0.2) is 84.0 Å². The number of nitrogens with one attached hydrogen (secondary N) is 2. The molecule has 0 saturated carbocycles. The van der Waals surface area contributed by atoms with E-state index in [1.165, 1.54) is 4.90 Å². The lowest BCUT2D eigenvalue weighted by atomic mass is 10.0. The van der Waals surface area contributed by atoms with Crippen molar-refractivity contribution >= 4 is 23.7 Å². The summed E-state index contributed by atoms with van der Waals surface area (Å²) in [5.41, 5.74) is 22.6. The van der Waals surface area contributed by atoms with Crippen molar-refractivity contribution in [1.82, 2.24) is 15.5 Å². The molecule has 4 unspecified atom stereocenters. The fourth-order valence-electron chi connectivity index (χ4n) is 4.20. The minimum Gasteiger partial charge on any atom is -0.480 e. The zero-order valence-corrected chi connectivity index (χ0v) is 20.8. The maximum absolute atomic E-state index is 13.1. The number of carboxylic acid groups (broad SMARTS) is 1. The van der Waals surface area contributed by atoms with Crippen molar-refractivity contribution in [3.8, 4) is 0 Å². The van der Waals surface area contributed by atoms with Crippen LogP contribution < -0.4 is 33.6 Å². The number of rotatable bonds is 18. The Kier molecular flexibility index (Phi) is 15.1. The van der Waals surface area contributed by atoms with Gasteiger partial charge in [-0.25, -0.2) is 4.79 Å². The van der Waals surface area contributed by atoms with Crippen molar-refractivity contribution in [3.63, 3.8) is 0 Å². The van der Waals surface area contributed by atoms with Crippen LogP contribution in [0, 0.1) is 0 Å². The van der Waals surface area contributed by atoms with Gasteiger partial charge in [-0.2, -0.15) is 0 Å². The van der Waals surface area contributed by atoms with Gasteiger partial charge in [-0.05, 0) is 83.8 Å². The predicted octanol–water partition coefficient (Wildman–Crippen LogP) is -1.25. The van der Waals surface area contributed by atoms with Crippen molar-refractivity contribution in [2.45, 2.75) is 94.8 Å². The van der Waals surface area contributed by atoms with Gasteiger partial charge in [-0.15, -0.1) is 0 Å². The number of carbonyl (C=O) groups excluding carboxylic acids is 3. The molecule has 0 aromatic rings. The molecule has 3 amide bonds. The molecule has 0 bridgehead atoms. The van der Waals surface area contributed by atoms with E-state index in [0.29, 0.717) is 77.5 Å². The number of unbranched alkanes of at least 4 members (excludes halogenated alkanes) is 3. The zero-order valence-electron chi connectivity index (χ0n) is 20.8. The predicted molar refractivity (Wildman–Crippen MR) is 133 cm³/mol. The summed E-state index contributed by atoms with van der Waals surface area (Å²) >= 11 is 0. The summed E-state index contributed by atoms with van der Waals surface area (Å²) in [5, 5.41) is 14.8. The van der Waals surface area contributed by atoms with Gasteiger partial charge in [-0.3, -0.25) is 14.4 Å². The van der Waals surface area contributed by atoms with Crippen LogP contribution >= 0.6 is 0 Å². The minimum atomic E-state index is -1.14. The van der Waals surface area contributed by atoms with Gasteiger partial charge in [0.15, 0.2) is 0 Å². The number of nitrogens with two attached hydrogens (primary N) is 4. The Morgan fingerprint density at radius 3 is 1.91 bits per heavy atom. The number of likely N-dealkylation sites (tertiary alicyclic amines) is 1. The van der Waals surface area contributed by atoms with Gasteiger partial charge in [-0.1, -0.05) is 6.42 Å². The molecule has 0 spiro atoms. The van der Waals surface area contributed by atoms with Crippen LogP contribution in [0.15, 0.2) is 0 Å². The molecule has 1 aliphatic rings. The minimum absolute atomic E-state index is 0.245. The summed E-state index contributed by atoms with van der Waals surface area (Å²) in [6.45, 7) is 1.82. The third-order valence-electron chi connectivity index (χ3n) is 6.27. The lowest BCUT2D eigenvalue weighted by Crippen LogP contribution is -2.56. The van der Waals surface area contributed by atoms with Crippen LogP contribution in [0.25, 0.3) is 0 Å². The highest BCUT2D eigenvalue weighted by Crippen LogP contribution is 2.20. The van der Waals surface area contributed by atoms with Gasteiger partial charge in [0, 0.05) is 6.54 Å². The molecule has 1 aliphatic heterocycles. The number of amides is 3. The summed E-state index contributed by atoms with van der Waals surface area (Å²) in [5.74, 6) is -2.42. The molecule has 0 radical (unpaired) electrons. The summed E-state index contributed by atoms with van der Waals surface area (Å²) in [7, 11) is 0. The topological polar surface area (TPSA) is 220 Å². The molecular weight excluding hydrogens is 454 g/mol. The van der Waals surface area contributed by atoms with E-state index < -0.39 is 42.0 Å². The van der Waals surface area contributed by atoms with E-state index in [0.717, 1.165) is 12.8 Å². The molecule has 11 N–H and O–H groups in total. The van der Waals surface area contributed by atoms with Crippen molar-refractivity contribution < 1.29 is 24.3 Å².